The van der Waals surface area contributed by atoms with Crippen LogP contribution >= 0.6 is 24.0 Å². The molecule has 26 heavy (non-hydrogen) atoms. The summed E-state index contributed by atoms with van der Waals surface area (Å²) in [6.45, 7) is 3.20. The first-order chi connectivity index (χ1) is 12.0. The number of aliphatic imine (C=N–C) groups is 1. The average molecular weight is 491 g/mol. The zero-order valence-electron chi connectivity index (χ0n) is 14.5. The van der Waals surface area contributed by atoms with Gasteiger partial charge in [0.1, 0.15) is 10.7 Å². The summed E-state index contributed by atoms with van der Waals surface area (Å²) in [6, 6.07) is 15.1. The Bertz CT molecular complexity index is 814. The van der Waals surface area contributed by atoms with Crippen LogP contribution in [0, 0.1) is 5.82 Å². The van der Waals surface area contributed by atoms with Crippen molar-refractivity contribution < 1.29 is 12.8 Å². The SMILES string of the molecule is CCNC(=NCc1ccccc1)NCCS(=O)(=O)c1ccccc1F.I. The molecule has 0 saturated heterocycles. The fourth-order valence-corrected chi connectivity index (χ4v) is 3.45. The van der Waals surface area contributed by atoms with Crippen molar-refractivity contribution in [3.05, 3.63) is 66.0 Å². The van der Waals surface area contributed by atoms with Gasteiger partial charge in [0.15, 0.2) is 15.8 Å². The molecule has 2 N–H and O–H groups in total. The van der Waals surface area contributed by atoms with Crippen LogP contribution in [0.3, 0.4) is 0 Å². The van der Waals surface area contributed by atoms with E-state index in [-0.39, 0.29) is 41.2 Å². The van der Waals surface area contributed by atoms with E-state index >= 15 is 0 Å². The Morgan fingerprint density at radius 2 is 1.69 bits per heavy atom. The smallest absolute Gasteiger partial charge is 0.191 e. The van der Waals surface area contributed by atoms with Crippen LogP contribution in [-0.4, -0.2) is 33.2 Å². The lowest BCUT2D eigenvalue weighted by atomic mass is 10.2. The Balaban J connectivity index is 0.00000338. The van der Waals surface area contributed by atoms with Gasteiger partial charge in [0.2, 0.25) is 0 Å². The van der Waals surface area contributed by atoms with E-state index < -0.39 is 15.7 Å². The molecular weight excluding hydrogens is 468 g/mol. The minimum atomic E-state index is -3.69. The van der Waals surface area contributed by atoms with E-state index in [1.165, 1.54) is 18.2 Å². The normalized spacial score (nSPS) is 11.5. The van der Waals surface area contributed by atoms with Gasteiger partial charge in [-0.2, -0.15) is 0 Å². The maximum Gasteiger partial charge on any atom is 0.191 e. The van der Waals surface area contributed by atoms with Crippen molar-refractivity contribution in [1.29, 1.82) is 0 Å². The van der Waals surface area contributed by atoms with Crippen LogP contribution in [0.1, 0.15) is 12.5 Å². The Labute approximate surface area is 171 Å². The van der Waals surface area contributed by atoms with Crippen molar-refractivity contribution in [2.45, 2.75) is 18.4 Å². The average Bonchev–Trinajstić information content (AvgIpc) is 2.60. The minimum absolute atomic E-state index is 0. The molecule has 0 aromatic heterocycles. The summed E-state index contributed by atoms with van der Waals surface area (Å²) in [7, 11) is -3.69. The third-order valence-corrected chi connectivity index (χ3v) is 5.18. The predicted molar refractivity (Wildman–Crippen MR) is 113 cm³/mol. The van der Waals surface area contributed by atoms with Crippen molar-refractivity contribution >= 4 is 39.8 Å². The molecule has 0 saturated carbocycles. The molecule has 0 aliphatic carbocycles. The summed E-state index contributed by atoms with van der Waals surface area (Å²) in [6.07, 6.45) is 0. The maximum atomic E-state index is 13.7. The molecule has 0 radical (unpaired) electrons. The van der Waals surface area contributed by atoms with Gasteiger partial charge in [0.25, 0.3) is 0 Å². The highest BCUT2D eigenvalue weighted by Crippen LogP contribution is 2.14. The summed E-state index contributed by atoms with van der Waals surface area (Å²) in [5.41, 5.74) is 1.05. The van der Waals surface area contributed by atoms with Gasteiger partial charge in [-0.1, -0.05) is 42.5 Å². The molecule has 0 amide bonds. The van der Waals surface area contributed by atoms with Crippen LogP contribution < -0.4 is 10.6 Å². The molecule has 2 aromatic carbocycles. The predicted octanol–water partition coefficient (Wildman–Crippen LogP) is 2.97. The monoisotopic (exact) mass is 491 g/mol. The molecule has 0 aliphatic heterocycles. The third kappa shape index (κ3) is 6.91. The molecule has 2 aromatic rings. The number of hydrogen-bond donors (Lipinski definition) is 2. The summed E-state index contributed by atoms with van der Waals surface area (Å²) in [5.74, 6) is -0.425. The fourth-order valence-electron chi connectivity index (χ4n) is 2.21. The first-order valence-corrected chi connectivity index (χ1v) is 9.71. The van der Waals surface area contributed by atoms with E-state index in [0.717, 1.165) is 11.6 Å². The van der Waals surface area contributed by atoms with Crippen LogP contribution in [-0.2, 0) is 16.4 Å². The van der Waals surface area contributed by atoms with Gasteiger partial charge in [-0.3, -0.25) is 0 Å². The second-order valence-electron chi connectivity index (χ2n) is 5.36. The standard InChI is InChI=1S/C18H22FN3O2S.HI/c1-2-20-18(22-14-15-8-4-3-5-9-15)21-12-13-25(23,24)17-11-7-6-10-16(17)19;/h3-11H,2,12-14H2,1H3,(H2,20,21,22);1H. The van der Waals surface area contributed by atoms with E-state index in [0.29, 0.717) is 19.0 Å². The summed E-state index contributed by atoms with van der Waals surface area (Å²) < 4.78 is 38.1. The molecule has 0 fully saturated rings. The molecular formula is C18H23FIN3O2S. The van der Waals surface area contributed by atoms with E-state index in [2.05, 4.69) is 15.6 Å². The lowest BCUT2D eigenvalue weighted by molar-refractivity contribution is 0.566. The number of guanidine groups is 1. The van der Waals surface area contributed by atoms with Crippen LogP contribution in [0.2, 0.25) is 0 Å². The second-order valence-corrected chi connectivity index (χ2v) is 7.43. The highest BCUT2D eigenvalue weighted by molar-refractivity contribution is 14.0. The molecule has 0 unspecified atom stereocenters. The number of hydrogen-bond acceptors (Lipinski definition) is 3. The largest absolute Gasteiger partial charge is 0.357 e. The number of nitrogens with one attached hydrogen (secondary N) is 2. The van der Waals surface area contributed by atoms with Crippen LogP contribution in [0.5, 0.6) is 0 Å². The maximum absolute atomic E-state index is 13.7. The minimum Gasteiger partial charge on any atom is -0.357 e. The van der Waals surface area contributed by atoms with E-state index in [1.807, 2.05) is 37.3 Å². The number of nitrogens with zero attached hydrogens (tertiary/aromatic N) is 1. The molecule has 8 heteroatoms. The molecule has 0 atom stereocenters. The topological polar surface area (TPSA) is 70.6 Å². The van der Waals surface area contributed by atoms with Crippen molar-refractivity contribution in [3.63, 3.8) is 0 Å². The van der Waals surface area contributed by atoms with Gasteiger partial charge < -0.3 is 10.6 Å². The highest BCUT2D eigenvalue weighted by atomic mass is 127. The quantitative estimate of drug-likeness (QED) is 0.355. The van der Waals surface area contributed by atoms with Crippen LogP contribution in [0.25, 0.3) is 0 Å². The molecule has 2 rings (SSSR count). The van der Waals surface area contributed by atoms with Gasteiger partial charge in [-0.05, 0) is 24.6 Å². The zero-order chi connectivity index (χ0) is 18.1. The number of benzene rings is 2. The molecule has 0 spiro atoms. The Morgan fingerprint density at radius 3 is 2.35 bits per heavy atom. The number of sulfone groups is 1. The summed E-state index contributed by atoms with van der Waals surface area (Å²) >= 11 is 0. The Hall–Kier alpha value is -1.68. The van der Waals surface area contributed by atoms with E-state index in [4.69, 9.17) is 0 Å². The summed E-state index contributed by atoms with van der Waals surface area (Å²) in [5, 5.41) is 6.03. The molecule has 0 aliphatic rings. The van der Waals surface area contributed by atoms with Gasteiger partial charge in [0.05, 0.1) is 12.3 Å². The van der Waals surface area contributed by atoms with Crippen molar-refractivity contribution in [2.75, 3.05) is 18.8 Å². The fraction of sp³-hybridized carbons (Fsp3) is 0.278. The molecule has 0 bridgehead atoms. The second kappa shape index (κ2) is 11.1. The van der Waals surface area contributed by atoms with Crippen molar-refractivity contribution in [3.8, 4) is 0 Å². The lowest BCUT2D eigenvalue weighted by Crippen LogP contribution is -2.39. The number of rotatable bonds is 7. The van der Waals surface area contributed by atoms with Crippen LogP contribution in [0.15, 0.2) is 64.5 Å². The zero-order valence-corrected chi connectivity index (χ0v) is 17.6. The van der Waals surface area contributed by atoms with Gasteiger partial charge in [-0.25, -0.2) is 17.8 Å². The molecule has 142 valence electrons. The number of halogens is 2. The first-order valence-electron chi connectivity index (χ1n) is 8.06. The van der Waals surface area contributed by atoms with Gasteiger partial charge in [0, 0.05) is 13.1 Å². The highest BCUT2D eigenvalue weighted by Gasteiger charge is 2.18. The molecule has 0 heterocycles. The van der Waals surface area contributed by atoms with Crippen LogP contribution in [0.4, 0.5) is 4.39 Å². The van der Waals surface area contributed by atoms with Crippen molar-refractivity contribution in [1.82, 2.24) is 10.6 Å². The van der Waals surface area contributed by atoms with E-state index in [9.17, 15) is 12.8 Å². The third-order valence-electron chi connectivity index (χ3n) is 3.44. The Kier molecular flexibility index (Phi) is 9.57. The summed E-state index contributed by atoms with van der Waals surface area (Å²) in [4.78, 5) is 4.14. The van der Waals surface area contributed by atoms with Gasteiger partial charge >= 0.3 is 0 Å². The lowest BCUT2D eigenvalue weighted by Gasteiger charge is -2.12. The first kappa shape index (κ1) is 22.4. The Morgan fingerprint density at radius 1 is 1.04 bits per heavy atom. The van der Waals surface area contributed by atoms with Gasteiger partial charge in [-0.15, -0.1) is 24.0 Å². The molecule has 5 nitrogen and oxygen atoms in total. The van der Waals surface area contributed by atoms with Crippen molar-refractivity contribution in [2.24, 2.45) is 4.99 Å². The van der Waals surface area contributed by atoms with E-state index in [1.54, 1.807) is 0 Å².